The van der Waals surface area contributed by atoms with Crippen LogP contribution in [0.2, 0.25) is 0 Å². The first-order valence-electron chi connectivity index (χ1n) is 11.3. The Hall–Kier alpha value is -3.17. The zero-order valence-corrected chi connectivity index (χ0v) is 20.7. The third-order valence-electron chi connectivity index (χ3n) is 5.63. The second kappa shape index (κ2) is 10.8. The molecule has 0 saturated heterocycles. The van der Waals surface area contributed by atoms with Gasteiger partial charge in [-0.15, -0.1) is 0 Å². The zero-order chi connectivity index (χ0) is 24.9. The Morgan fingerprint density at radius 3 is 2.50 bits per heavy atom. The third kappa shape index (κ3) is 5.48. The minimum atomic E-state index is -3.92. The second-order valence-electron chi connectivity index (χ2n) is 8.26. The van der Waals surface area contributed by atoms with Gasteiger partial charge in [-0.3, -0.25) is 13.9 Å². The van der Waals surface area contributed by atoms with Crippen molar-refractivity contribution in [3.05, 3.63) is 70.0 Å². The minimum absolute atomic E-state index is 0.0322. The van der Waals surface area contributed by atoms with Crippen LogP contribution in [0.5, 0.6) is 0 Å². The van der Waals surface area contributed by atoms with Crippen LogP contribution in [0.4, 0.5) is 5.69 Å². The Morgan fingerprint density at radius 2 is 1.85 bits per heavy atom. The van der Waals surface area contributed by atoms with Crippen LogP contribution in [0.25, 0.3) is 10.9 Å². The number of pyridine rings is 1. The first kappa shape index (κ1) is 25.5. The number of nitrogens with one attached hydrogen (secondary N) is 2. The van der Waals surface area contributed by atoms with Crippen molar-refractivity contribution in [3.63, 3.8) is 0 Å². The maximum Gasteiger partial charge on any atom is 0.264 e. The highest BCUT2D eigenvalue weighted by atomic mass is 32.2. The molecule has 3 rings (SSSR count). The SMILES string of the molecule is CCOCCCNC(=O)c1c[nH]c2ccc(S(=O)(=O)N(C)c3ccc(C(C)C)cc3)cc2c1=O. The predicted molar refractivity (Wildman–Crippen MR) is 134 cm³/mol. The van der Waals surface area contributed by atoms with E-state index in [4.69, 9.17) is 4.74 Å². The summed E-state index contributed by atoms with van der Waals surface area (Å²) in [4.78, 5) is 28.4. The summed E-state index contributed by atoms with van der Waals surface area (Å²) in [6.45, 7) is 7.50. The lowest BCUT2D eigenvalue weighted by Crippen LogP contribution is -2.30. The number of H-pyrrole nitrogens is 1. The summed E-state index contributed by atoms with van der Waals surface area (Å²) in [5.41, 5.74) is 1.46. The Labute approximate surface area is 200 Å². The zero-order valence-electron chi connectivity index (χ0n) is 19.9. The summed E-state index contributed by atoms with van der Waals surface area (Å²) in [7, 11) is -2.45. The number of amides is 1. The Morgan fingerprint density at radius 1 is 1.15 bits per heavy atom. The second-order valence-corrected chi connectivity index (χ2v) is 10.2. The molecule has 0 atom stereocenters. The average molecular weight is 486 g/mol. The van der Waals surface area contributed by atoms with Crippen LogP contribution in [0.3, 0.4) is 0 Å². The molecule has 2 aromatic carbocycles. The smallest absolute Gasteiger partial charge is 0.264 e. The van der Waals surface area contributed by atoms with Crippen LogP contribution in [-0.2, 0) is 14.8 Å². The van der Waals surface area contributed by atoms with Gasteiger partial charge in [-0.2, -0.15) is 0 Å². The molecule has 0 saturated carbocycles. The number of aromatic amines is 1. The van der Waals surface area contributed by atoms with E-state index in [1.807, 2.05) is 19.1 Å². The Balaban J connectivity index is 1.89. The van der Waals surface area contributed by atoms with Gasteiger partial charge in [-0.05, 0) is 55.2 Å². The summed E-state index contributed by atoms with van der Waals surface area (Å²) < 4.78 is 33.0. The topological polar surface area (TPSA) is 109 Å². The molecule has 0 radical (unpaired) electrons. The minimum Gasteiger partial charge on any atom is -0.382 e. The van der Waals surface area contributed by atoms with Crippen molar-refractivity contribution in [2.45, 2.75) is 38.0 Å². The molecule has 0 spiro atoms. The molecule has 0 aliphatic carbocycles. The summed E-state index contributed by atoms with van der Waals surface area (Å²) in [5.74, 6) is -0.186. The third-order valence-corrected chi connectivity index (χ3v) is 7.42. The fraction of sp³-hybridized carbons (Fsp3) is 0.360. The molecule has 2 N–H and O–H groups in total. The molecule has 1 amide bonds. The first-order chi connectivity index (χ1) is 16.2. The van der Waals surface area contributed by atoms with E-state index in [0.29, 0.717) is 43.3 Å². The summed E-state index contributed by atoms with van der Waals surface area (Å²) in [6.07, 6.45) is 1.97. The molecule has 1 aromatic heterocycles. The number of rotatable bonds is 10. The molecular weight excluding hydrogens is 454 g/mol. The van der Waals surface area contributed by atoms with E-state index in [9.17, 15) is 18.0 Å². The molecule has 0 bridgehead atoms. The van der Waals surface area contributed by atoms with Crippen molar-refractivity contribution in [3.8, 4) is 0 Å². The number of nitrogens with zero attached hydrogens (tertiary/aromatic N) is 1. The maximum atomic E-state index is 13.3. The van der Waals surface area contributed by atoms with Gasteiger partial charge >= 0.3 is 0 Å². The highest BCUT2D eigenvalue weighted by molar-refractivity contribution is 7.92. The number of carbonyl (C=O) groups excluding carboxylic acids is 1. The number of hydrogen-bond donors (Lipinski definition) is 2. The van der Waals surface area contributed by atoms with Crippen LogP contribution in [0.15, 0.2) is 58.4 Å². The van der Waals surface area contributed by atoms with Crippen LogP contribution in [0.1, 0.15) is 49.0 Å². The summed E-state index contributed by atoms with van der Waals surface area (Å²) >= 11 is 0. The fourth-order valence-electron chi connectivity index (χ4n) is 3.51. The van der Waals surface area contributed by atoms with E-state index in [2.05, 4.69) is 24.1 Å². The van der Waals surface area contributed by atoms with Crippen LogP contribution in [-0.4, -0.2) is 46.1 Å². The molecule has 1 heterocycles. The number of carbonyl (C=O) groups is 1. The van der Waals surface area contributed by atoms with Gasteiger partial charge in [0.1, 0.15) is 5.56 Å². The molecule has 3 aromatic rings. The molecule has 34 heavy (non-hydrogen) atoms. The van der Waals surface area contributed by atoms with Gasteiger partial charge in [0.25, 0.3) is 15.9 Å². The van der Waals surface area contributed by atoms with Gasteiger partial charge in [-0.1, -0.05) is 26.0 Å². The molecule has 182 valence electrons. The first-order valence-corrected chi connectivity index (χ1v) is 12.7. The van der Waals surface area contributed by atoms with E-state index in [0.717, 1.165) is 5.56 Å². The largest absolute Gasteiger partial charge is 0.382 e. The van der Waals surface area contributed by atoms with E-state index in [1.54, 1.807) is 12.1 Å². The monoisotopic (exact) mass is 485 g/mol. The Bertz CT molecular complexity index is 1310. The van der Waals surface area contributed by atoms with Gasteiger partial charge in [0.05, 0.1) is 10.6 Å². The van der Waals surface area contributed by atoms with Crippen molar-refractivity contribution in [2.24, 2.45) is 0 Å². The van der Waals surface area contributed by atoms with Crippen molar-refractivity contribution >= 4 is 32.5 Å². The number of fused-ring (bicyclic) bond motifs is 1. The lowest BCUT2D eigenvalue weighted by Gasteiger charge is -2.20. The lowest BCUT2D eigenvalue weighted by molar-refractivity contribution is 0.0943. The van der Waals surface area contributed by atoms with E-state index in [1.165, 1.54) is 35.7 Å². The number of aromatic nitrogens is 1. The standard InChI is InChI=1S/C25H31N3O5S/c1-5-33-14-6-13-26-25(30)22-16-27-23-12-11-20(15-21(23)24(22)29)34(31,32)28(4)19-9-7-18(8-10-19)17(2)3/h7-12,15-17H,5-6,13-14H2,1-4H3,(H,26,30)(H,27,29). The normalized spacial score (nSPS) is 11.7. The van der Waals surface area contributed by atoms with Gasteiger partial charge in [-0.25, -0.2) is 8.42 Å². The van der Waals surface area contributed by atoms with Crippen LogP contribution < -0.4 is 15.1 Å². The predicted octanol–water partition coefficient (Wildman–Crippen LogP) is 3.63. The molecule has 9 heteroatoms. The number of sulfonamides is 1. The average Bonchev–Trinajstić information content (AvgIpc) is 2.83. The number of hydrogen-bond acceptors (Lipinski definition) is 5. The quantitative estimate of drug-likeness (QED) is 0.426. The van der Waals surface area contributed by atoms with Gasteiger partial charge in [0, 0.05) is 43.9 Å². The van der Waals surface area contributed by atoms with Crippen molar-refractivity contribution in [1.29, 1.82) is 0 Å². The molecule has 8 nitrogen and oxygen atoms in total. The van der Waals surface area contributed by atoms with Crippen molar-refractivity contribution in [2.75, 3.05) is 31.1 Å². The lowest BCUT2D eigenvalue weighted by atomic mass is 10.0. The van der Waals surface area contributed by atoms with Crippen molar-refractivity contribution < 1.29 is 17.9 Å². The Kier molecular flexibility index (Phi) is 8.11. The van der Waals surface area contributed by atoms with Crippen LogP contribution in [0, 0.1) is 0 Å². The summed E-state index contributed by atoms with van der Waals surface area (Å²) in [6, 6.07) is 11.6. The van der Waals surface area contributed by atoms with E-state index < -0.39 is 21.4 Å². The highest BCUT2D eigenvalue weighted by Gasteiger charge is 2.23. The molecule has 0 unspecified atom stereocenters. The van der Waals surface area contributed by atoms with E-state index >= 15 is 0 Å². The molecular formula is C25H31N3O5S. The maximum absolute atomic E-state index is 13.3. The van der Waals surface area contributed by atoms with Gasteiger partial charge in [0.15, 0.2) is 0 Å². The van der Waals surface area contributed by atoms with Crippen LogP contribution >= 0.6 is 0 Å². The van der Waals surface area contributed by atoms with Crippen molar-refractivity contribution in [1.82, 2.24) is 10.3 Å². The van der Waals surface area contributed by atoms with Gasteiger partial charge < -0.3 is 15.0 Å². The van der Waals surface area contributed by atoms with E-state index in [-0.39, 0.29) is 15.8 Å². The fourth-order valence-corrected chi connectivity index (χ4v) is 4.73. The highest BCUT2D eigenvalue weighted by Crippen LogP contribution is 2.25. The number of anilines is 1. The summed E-state index contributed by atoms with van der Waals surface area (Å²) in [5, 5.41) is 2.83. The number of ether oxygens (including phenoxy) is 1. The number of benzene rings is 2. The molecule has 0 aliphatic heterocycles. The molecule has 0 aliphatic rings. The molecule has 0 fully saturated rings. The van der Waals surface area contributed by atoms with Gasteiger partial charge in [0.2, 0.25) is 5.43 Å².